The van der Waals surface area contributed by atoms with E-state index < -0.39 is 23.3 Å². The highest BCUT2D eigenvalue weighted by Crippen LogP contribution is 2.40. The first-order chi connectivity index (χ1) is 13.8. The van der Waals surface area contributed by atoms with E-state index in [0.29, 0.717) is 22.8 Å². The average Bonchev–Trinajstić information content (AvgIpc) is 3.03. The zero-order valence-electron chi connectivity index (χ0n) is 14.6. The number of rotatable bonds is 3. The fraction of sp³-hybridized carbons (Fsp3) is 0.100. The topological polar surface area (TPSA) is 83.4 Å². The molecule has 1 aliphatic heterocycles. The van der Waals surface area contributed by atoms with Crippen molar-refractivity contribution in [2.24, 2.45) is 0 Å². The van der Waals surface area contributed by atoms with Crippen LogP contribution in [0.1, 0.15) is 21.5 Å². The quantitative estimate of drug-likeness (QED) is 0.718. The number of pyridine rings is 2. The van der Waals surface area contributed by atoms with Crippen LogP contribution in [0, 0.1) is 0 Å². The minimum Gasteiger partial charge on any atom is -0.478 e. The van der Waals surface area contributed by atoms with Gasteiger partial charge in [-0.2, -0.15) is 13.2 Å². The molecule has 0 unspecified atom stereocenters. The Morgan fingerprint density at radius 1 is 1.07 bits per heavy atom. The van der Waals surface area contributed by atoms with Gasteiger partial charge >= 0.3 is 12.1 Å². The number of benzene rings is 1. The molecule has 3 aromatic rings. The predicted molar refractivity (Wildman–Crippen MR) is 96.7 cm³/mol. The van der Waals surface area contributed by atoms with Crippen LogP contribution in [0.4, 0.5) is 24.8 Å². The van der Waals surface area contributed by atoms with Crippen molar-refractivity contribution >= 4 is 23.5 Å². The smallest absolute Gasteiger partial charge is 0.417 e. The minimum atomic E-state index is -4.79. The van der Waals surface area contributed by atoms with Crippen LogP contribution >= 0.6 is 0 Å². The molecule has 2 aromatic heterocycles. The van der Waals surface area contributed by atoms with Gasteiger partial charge in [-0.25, -0.2) is 19.7 Å². The molecule has 0 aliphatic carbocycles. The Morgan fingerprint density at radius 3 is 2.52 bits per heavy atom. The highest BCUT2D eigenvalue weighted by atomic mass is 19.4. The van der Waals surface area contributed by atoms with E-state index in [-0.39, 0.29) is 17.9 Å². The lowest BCUT2D eigenvalue weighted by molar-refractivity contribution is -0.138. The molecule has 9 heteroatoms. The van der Waals surface area contributed by atoms with Gasteiger partial charge in [0.05, 0.1) is 17.5 Å². The Balaban J connectivity index is 1.85. The van der Waals surface area contributed by atoms with E-state index in [4.69, 9.17) is 0 Å². The van der Waals surface area contributed by atoms with Crippen molar-refractivity contribution in [2.45, 2.75) is 12.6 Å². The van der Waals surface area contributed by atoms with Crippen LogP contribution < -0.4 is 4.90 Å². The monoisotopic (exact) mass is 399 g/mol. The second-order valence-electron chi connectivity index (χ2n) is 6.32. The molecular weight excluding hydrogens is 387 g/mol. The number of carboxylic acid groups (broad SMARTS) is 1. The fourth-order valence-corrected chi connectivity index (χ4v) is 3.33. The van der Waals surface area contributed by atoms with E-state index in [1.165, 1.54) is 23.4 Å². The molecule has 0 fully saturated rings. The number of carbonyl (C=O) groups excluding carboxylic acids is 1. The Hall–Kier alpha value is -3.75. The summed E-state index contributed by atoms with van der Waals surface area (Å²) in [6.07, 6.45) is -1.88. The van der Waals surface area contributed by atoms with Crippen LogP contribution in [0.25, 0.3) is 11.1 Å². The number of carboxylic acids is 1. The lowest BCUT2D eigenvalue weighted by Crippen LogP contribution is -2.22. The van der Waals surface area contributed by atoms with Gasteiger partial charge in [-0.1, -0.05) is 12.1 Å². The maximum atomic E-state index is 13.1. The second-order valence-corrected chi connectivity index (χ2v) is 6.32. The number of nitrogens with zero attached hydrogens (tertiary/aromatic N) is 3. The number of alkyl halides is 3. The van der Waals surface area contributed by atoms with Gasteiger partial charge in [0.25, 0.3) is 0 Å². The third kappa shape index (κ3) is 3.20. The molecule has 1 amide bonds. The number of hydrogen-bond donors (Lipinski definition) is 1. The molecule has 0 atom stereocenters. The number of hydrogen-bond acceptors (Lipinski definition) is 4. The zero-order valence-corrected chi connectivity index (χ0v) is 14.6. The highest BCUT2D eigenvalue weighted by Gasteiger charge is 2.36. The van der Waals surface area contributed by atoms with E-state index in [1.807, 2.05) is 0 Å². The molecule has 0 radical (unpaired) electrons. The predicted octanol–water partition coefficient (Wildman–Crippen LogP) is 4.08. The highest BCUT2D eigenvalue weighted by molar-refractivity contribution is 6.07. The molecule has 1 N–H and O–H groups in total. The summed E-state index contributed by atoms with van der Waals surface area (Å²) in [7, 11) is 0. The van der Waals surface area contributed by atoms with Gasteiger partial charge < -0.3 is 5.11 Å². The first-order valence-corrected chi connectivity index (χ1v) is 8.44. The standard InChI is InChI=1S/C20H12F3N3O3/c21-20(22,23)15-5-4-11(9-14(15)19(28)29)12-6-8-25-18-13(12)10-17(27)26(18)16-3-1-2-7-24-16/h1-9H,10H2,(H,28,29). The van der Waals surface area contributed by atoms with Gasteiger partial charge in [-0.05, 0) is 41.5 Å². The molecule has 29 heavy (non-hydrogen) atoms. The van der Waals surface area contributed by atoms with Crippen LogP contribution in [0.5, 0.6) is 0 Å². The van der Waals surface area contributed by atoms with Crippen molar-refractivity contribution in [3.63, 3.8) is 0 Å². The Bertz CT molecular complexity index is 1130. The summed E-state index contributed by atoms with van der Waals surface area (Å²) in [5.41, 5.74) is -0.890. The summed E-state index contributed by atoms with van der Waals surface area (Å²) in [6.45, 7) is 0. The summed E-state index contributed by atoms with van der Waals surface area (Å²) in [5.74, 6) is -1.28. The van der Waals surface area contributed by atoms with Crippen molar-refractivity contribution in [3.8, 4) is 11.1 Å². The number of aromatic carboxylic acids is 1. The molecule has 0 saturated heterocycles. The number of carbonyl (C=O) groups is 2. The second kappa shape index (κ2) is 6.69. The van der Waals surface area contributed by atoms with Crippen molar-refractivity contribution in [3.05, 3.63) is 71.5 Å². The summed E-state index contributed by atoms with van der Waals surface area (Å²) in [5, 5.41) is 9.24. The van der Waals surface area contributed by atoms with Crippen molar-refractivity contribution in [1.82, 2.24) is 9.97 Å². The average molecular weight is 399 g/mol. The zero-order chi connectivity index (χ0) is 20.8. The lowest BCUT2D eigenvalue weighted by Gasteiger charge is -2.16. The van der Waals surface area contributed by atoms with Crippen molar-refractivity contribution in [1.29, 1.82) is 0 Å². The first-order valence-electron chi connectivity index (χ1n) is 8.44. The number of fused-ring (bicyclic) bond motifs is 1. The Kier molecular flexibility index (Phi) is 4.30. The van der Waals surface area contributed by atoms with Gasteiger partial charge in [0.2, 0.25) is 5.91 Å². The molecular formula is C20H12F3N3O3. The largest absolute Gasteiger partial charge is 0.478 e. The third-order valence-corrected chi connectivity index (χ3v) is 4.57. The Morgan fingerprint density at radius 2 is 1.86 bits per heavy atom. The van der Waals surface area contributed by atoms with E-state index in [9.17, 15) is 27.9 Å². The SMILES string of the molecule is O=C(O)c1cc(-c2ccnc3c2CC(=O)N3c2ccccn2)ccc1C(F)(F)F. The summed E-state index contributed by atoms with van der Waals surface area (Å²) in [6, 6.07) is 9.49. The van der Waals surface area contributed by atoms with Crippen LogP contribution in [-0.4, -0.2) is 27.0 Å². The molecule has 3 heterocycles. The van der Waals surface area contributed by atoms with Crippen LogP contribution in [0.3, 0.4) is 0 Å². The molecule has 146 valence electrons. The lowest BCUT2D eigenvalue weighted by atomic mass is 9.95. The van der Waals surface area contributed by atoms with E-state index in [2.05, 4.69) is 9.97 Å². The van der Waals surface area contributed by atoms with E-state index in [0.717, 1.165) is 12.1 Å². The third-order valence-electron chi connectivity index (χ3n) is 4.57. The molecule has 6 nitrogen and oxygen atoms in total. The van der Waals surface area contributed by atoms with Crippen LogP contribution in [0.15, 0.2) is 54.9 Å². The summed E-state index contributed by atoms with van der Waals surface area (Å²) in [4.78, 5) is 33.7. The van der Waals surface area contributed by atoms with Gasteiger partial charge in [-0.3, -0.25) is 4.79 Å². The number of halogens is 3. The fourth-order valence-electron chi connectivity index (χ4n) is 3.33. The molecule has 0 bridgehead atoms. The normalized spacial score (nSPS) is 13.5. The number of amides is 1. The van der Waals surface area contributed by atoms with Gasteiger partial charge in [0.1, 0.15) is 11.6 Å². The molecule has 0 spiro atoms. The van der Waals surface area contributed by atoms with Gasteiger partial charge in [-0.15, -0.1) is 0 Å². The maximum Gasteiger partial charge on any atom is 0.417 e. The first kappa shape index (κ1) is 18.6. The van der Waals surface area contributed by atoms with Crippen molar-refractivity contribution in [2.75, 3.05) is 4.90 Å². The van der Waals surface area contributed by atoms with E-state index >= 15 is 0 Å². The maximum absolute atomic E-state index is 13.1. The van der Waals surface area contributed by atoms with Crippen molar-refractivity contribution < 1.29 is 27.9 Å². The minimum absolute atomic E-state index is 0.0293. The Labute approximate surface area is 162 Å². The molecule has 0 saturated carbocycles. The molecule has 4 rings (SSSR count). The summed E-state index contributed by atoms with van der Waals surface area (Å²) >= 11 is 0. The van der Waals surface area contributed by atoms with Gasteiger partial charge in [0, 0.05) is 18.0 Å². The molecule has 1 aromatic carbocycles. The van der Waals surface area contributed by atoms with Crippen LogP contribution in [-0.2, 0) is 17.4 Å². The summed E-state index contributed by atoms with van der Waals surface area (Å²) < 4.78 is 39.4. The van der Waals surface area contributed by atoms with Crippen LogP contribution in [0.2, 0.25) is 0 Å². The van der Waals surface area contributed by atoms with E-state index in [1.54, 1.807) is 24.3 Å². The van der Waals surface area contributed by atoms with Gasteiger partial charge in [0.15, 0.2) is 0 Å². The molecule has 1 aliphatic rings. The number of anilines is 2. The number of aromatic nitrogens is 2.